The molecule has 1 aromatic heterocycles. The highest BCUT2D eigenvalue weighted by Gasteiger charge is 2.25. The van der Waals surface area contributed by atoms with Gasteiger partial charge in [0, 0.05) is 63.0 Å². The summed E-state index contributed by atoms with van der Waals surface area (Å²) in [7, 11) is 1.93. The molecule has 40 heavy (non-hydrogen) atoms. The van der Waals surface area contributed by atoms with Gasteiger partial charge in [0.15, 0.2) is 5.82 Å². The number of fused-ring (bicyclic) bond motifs is 1. The highest BCUT2D eigenvalue weighted by molar-refractivity contribution is 5.95. The van der Waals surface area contributed by atoms with Gasteiger partial charge in [0.1, 0.15) is 23.0 Å². The zero-order chi connectivity index (χ0) is 29.0. The number of carbonyl (C=O) groups is 1. The van der Waals surface area contributed by atoms with Crippen LogP contribution in [0.15, 0.2) is 54.6 Å². The summed E-state index contributed by atoms with van der Waals surface area (Å²) in [6.07, 6.45) is 8.00. The molecule has 1 atom stereocenters. The van der Waals surface area contributed by atoms with E-state index in [4.69, 9.17) is 0 Å². The zero-order valence-corrected chi connectivity index (χ0v) is 22.8. The van der Waals surface area contributed by atoms with E-state index in [1.54, 1.807) is 17.0 Å². The molecule has 1 unspecified atom stereocenters. The molecule has 1 N–H and O–H groups in total. The lowest BCUT2D eigenvalue weighted by molar-refractivity contribution is 0.0746. The van der Waals surface area contributed by atoms with Gasteiger partial charge in [-0.05, 0) is 42.8 Å². The van der Waals surface area contributed by atoms with Crippen molar-refractivity contribution in [1.82, 2.24) is 14.9 Å². The van der Waals surface area contributed by atoms with Gasteiger partial charge in [-0.1, -0.05) is 25.1 Å². The number of H-pyrrole nitrogens is 1. The van der Waals surface area contributed by atoms with Crippen LogP contribution in [0.2, 0.25) is 0 Å². The summed E-state index contributed by atoms with van der Waals surface area (Å²) in [5.41, 5.74) is 3.51. The molecule has 1 aliphatic heterocycles. The molecule has 0 saturated carbocycles. The lowest BCUT2D eigenvalue weighted by Gasteiger charge is -2.36. The SMILES string of the molecule is C#C.Cc1ccc(C(=O)N2CCN(c3ccccc3F)CC2)cc1N(C)CC(C)c1nc2c(F)cc(F)cc2[nH]1. The van der Waals surface area contributed by atoms with Crippen LogP contribution in [-0.2, 0) is 0 Å². The first-order valence-corrected chi connectivity index (χ1v) is 13.0. The Bertz CT molecular complexity index is 1520. The van der Waals surface area contributed by atoms with Crippen LogP contribution >= 0.6 is 0 Å². The number of anilines is 2. The Morgan fingerprint density at radius 1 is 1.02 bits per heavy atom. The maximum absolute atomic E-state index is 14.2. The van der Waals surface area contributed by atoms with Crippen LogP contribution < -0.4 is 9.80 Å². The van der Waals surface area contributed by atoms with E-state index in [-0.39, 0.29) is 23.2 Å². The molecule has 0 bridgehead atoms. The summed E-state index contributed by atoms with van der Waals surface area (Å²) in [6, 6.07) is 14.4. The highest BCUT2D eigenvalue weighted by Crippen LogP contribution is 2.27. The van der Waals surface area contributed by atoms with Crippen molar-refractivity contribution in [3.63, 3.8) is 0 Å². The molecule has 3 aromatic carbocycles. The summed E-state index contributed by atoms with van der Waals surface area (Å²) in [5, 5.41) is 0. The van der Waals surface area contributed by atoms with Gasteiger partial charge in [0.2, 0.25) is 0 Å². The monoisotopic (exact) mass is 547 g/mol. The summed E-state index contributed by atoms with van der Waals surface area (Å²) in [4.78, 5) is 26.5. The third-order valence-electron chi connectivity index (χ3n) is 7.17. The number of aromatic nitrogens is 2. The fourth-order valence-corrected chi connectivity index (χ4v) is 5.09. The number of aromatic amines is 1. The average molecular weight is 548 g/mol. The molecule has 208 valence electrons. The van der Waals surface area contributed by atoms with Crippen LogP contribution in [0.25, 0.3) is 11.0 Å². The van der Waals surface area contributed by atoms with Crippen molar-refractivity contribution >= 4 is 28.3 Å². The molecule has 5 rings (SSSR count). The van der Waals surface area contributed by atoms with Crippen molar-refractivity contribution in [3.8, 4) is 12.8 Å². The molecule has 0 aliphatic carbocycles. The van der Waals surface area contributed by atoms with Crippen molar-refractivity contribution in [2.24, 2.45) is 0 Å². The van der Waals surface area contributed by atoms with Gasteiger partial charge in [-0.25, -0.2) is 18.2 Å². The summed E-state index contributed by atoms with van der Waals surface area (Å²) in [6.45, 7) is 6.62. The Morgan fingerprint density at radius 3 is 2.42 bits per heavy atom. The summed E-state index contributed by atoms with van der Waals surface area (Å²) < 4.78 is 41.9. The second-order valence-electron chi connectivity index (χ2n) is 9.92. The number of carbonyl (C=O) groups excluding carboxylic acids is 1. The van der Waals surface area contributed by atoms with E-state index in [0.29, 0.717) is 55.3 Å². The second-order valence-corrected chi connectivity index (χ2v) is 9.92. The molecular formula is C31H32F3N5O. The van der Waals surface area contributed by atoms with Gasteiger partial charge in [-0.2, -0.15) is 0 Å². The van der Waals surface area contributed by atoms with E-state index in [1.165, 1.54) is 12.1 Å². The Kier molecular flexibility index (Phi) is 8.68. The number of hydrogen-bond acceptors (Lipinski definition) is 4. The van der Waals surface area contributed by atoms with Crippen LogP contribution in [0.4, 0.5) is 24.5 Å². The van der Waals surface area contributed by atoms with Crippen LogP contribution in [0.1, 0.15) is 34.6 Å². The van der Waals surface area contributed by atoms with Crippen LogP contribution in [-0.4, -0.2) is 60.5 Å². The largest absolute Gasteiger partial charge is 0.374 e. The highest BCUT2D eigenvalue weighted by atomic mass is 19.1. The number of amides is 1. The minimum absolute atomic E-state index is 0.0596. The number of nitrogens with zero attached hydrogens (tertiary/aromatic N) is 4. The molecule has 1 aliphatic rings. The van der Waals surface area contributed by atoms with E-state index in [2.05, 4.69) is 22.8 Å². The van der Waals surface area contributed by atoms with Gasteiger partial charge < -0.3 is 19.7 Å². The topological polar surface area (TPSA) is 55.5 Å². The van der Waals surface area contributed by atoms with Gasteiger partial charge in [0.05, 0.1) is 11.2 Å². The number of nitrogens with one attached hydrogen (secondary N) is 1. The maximum atomic E-state index is 14.2. The predicted octanol–water partition coefficient (Wildman–Crippen LogP) is 5.74. The molecule has 1 fully saturated rings. The number of rotatable bonds is 6. The molecule has 9 heteroatoms. The van der Waals surface area contributed by atoms with Gasteiger partial charge in [0.25, 0.3) is 5.91 Å². The molecule has 6 nitrogen and oxygen atoms in total. The van der Waals surface area contributed by atoms with Crippen LogP contribution in [0.5, 0.6) is 0 Å². The first-order chi connectivity index (χ1) is 19.2. The third kappa shape index (κ3) is 5.91. The Hall–Kier alpha value is -4.45. The van der Waals surface area contributed by atoms with Crippen molar-refractivity contribution < 1.29 is 18.0 Å². The minimum Gasteiger partial charge on any atom is -0.374 e. The number of aryl methyl sites for hydroxylation is 1. The number of imidazole rings is 1. The van der Waals surface area contributed by atoms with Crippen molar-refractivity contribution in [1.29, 1.82) is 0 Å². The lowest BCUT2D eigenvalue weighted by Crippen LogP contribution is -2.49. The fourth-order valence-electron chi connectivity index (χ4n) is 5.09. The maximum Gasteiger partial charge on any atom is 0.254 e. The lowest BCUT2D eigenvalue weighted by atomic mass is 10.1. The number of likely N-dealkylation sites (N-methyl/N-ethyl adjacent to an activating group) is 1. The fraction of sp³-hybridized carbons (Fsp3) is 0.290. The first kappa shape index (κ1) is 28.6. The Balaban J connectivity index is 0.00000181. The molecule has 2 heterocycles. The number of terminal acetylenes is 1. The number of benzene rings is 3. The second kappa shape index (κ2) is 12.2. The van der Waals surface area contributed by atoms with Crippen LogP contribution in [0.3, 0.4) is 0 Å². The zero-order valence-electron chi connectivity index (χ0n) is 22.8. The Morgan fingerprint density at radius 2 is 1.73 bits per heavy atom. The third-order valence-corrected chi connectivity index (χ3v) is 7.17. The van der Waals surface area contributed by atoms with Crippen molar-refractivity contribution in [2.75, 3.05) is 49.6 Å². The van der Waals surface area contributed by atoms with E-state index in [1.807, 2.05) is 55.0 Å². The molecule has 0 spiro atoms. The number of piperazine rings is 1. The quantitative estimate of drug-likeness (QED) is 0.313. The normalized spacial score (nSPS) is 14.0. The number of para-hydroxylation sites is 1. The van der Waals surface area contributed by atoms with Crippen LogP contribution in [0, 0.1) is 37.2 Å². The smallest absolute Gasteiger partial charge is 0.254 e. The molecule has 1 saturated heterocycles. The van der Waals surface area contributed by atoms with E-state index in [9.17, 15) is 18.0 Å². The van der Waals surface area contributed by atoms with Gasteiger partial charge in [-0.15, -0.1) is 12.8 Å². The summed E-state index contributed by atoms with van der Waals surface area (Å²) >= 11 is 0. The molecule has 1 amide bonds. The van der Waals surface area contributed by atoms with E-state index in [0.717, 1.165) is 17.3 Å². The molecular weight excluding hydrogens is 515 g/mol. The van der Waals surface area contributed by atoms with Gasteiger partial charge >= 0.3 is 0 Å². The van der Waals surface area contributed by atoms with Crippen molar-refractivity contribution in [3.05, 3.63) is 89.0 Å². The standard InChI is InChI=1S/C29H30F3N5O.C2H2/c1-18-8-9-20(29(38)37-12-10-36(11-13-37)25-7-5-4-6-22(25)31)14-26(18)35(3)17-19(2)28-33-24-16-21(30)15-23(32)27(24)34-28;1-2/h4-9,14-16,19H,10-13,17H2,1-3H3,(H,33,34);1-2H. The Labute approximate surface area is 232 Å². The van der Waals surface area contributed by atoms with Crippen molar-refractivity contribution in [2.45, 2.75) is 19.8 Å². The minimum atomic E-state index is -0.695. The predicted molar refractivity (Wildman–Crippen MR) is 153 cm³/mol. The number of halogens is 3. The molecule has 0 radical (unpaired) electrons. The van der Waals surface area contributed by atoms with E-state index >= 15 is 0 Å². The number of hydrogen-bond donors (Lipinski definition) is 1. The van der Waals surface area contributed by atoms with Gasteiger partial charge in [-0.3, -0.25) is 4.79 Å². The van der Waals surface area contributed by atoms with E-state index < -0.39 is 11.6 Å². The average Bonchev–Trinajstić information content (AvgIpc) is 3.39. The molecule has 4 aromatic rings. The first-order valence-electron chi connectivity index (χ1n) is 13.0. The summed E-state index contributed by atoms with van der Waals surface area (Å²) in [5.74, 6) is -1.21.